The average molecular weight is 418 g/mol. The number of halogens is 1. The number of esters is 1. The number of thioether (sulfide) groups is 1. The van der Waals surface area contributed by atoms with Gasteiger partial charge in [0.1, 0.15) is 17.8 Å². The van der Waals surface area contributed by atoms with Gasteiger partial charge < -0.3 is 15.2 Å². The van der Waals surface area contributed by atoms with Crippen LogP contribution in [0.1, 0.15) is 26.9 Å². The van der Waals surface area contributed by atoms with Crippen molar-refractivity contribution < 1.29 is 23.5 Å². The molecule has 8 heteroatoms. The molecule has 2 aromatic carbocycles. The fraction of sp³-hybridized carbons (Fsp3) is 0.333. The van der Waals surface area contributed by atoms with Crippen LogP contribution in [0.3, 0.4) is 0 Å². The van der Waals surface area contributed by atoms with E-state index in [0.717, 1.165) is 16.8 Å². The zero-order chi connectivity index (χ0) is 20.8. The van der Waals surface area contributed by atoms with Crippen LogP contribution < -0.4 is 10.6 Å². The molecule has 1 aliphatic heterocycles. The first-order valence-electron chi connectivity index (χ1n) is 9.26. The smallest absolute Gasteiger partial charge is 0.338 e. The molecule has 2 aromatic rings. The molecule has 1 fully saturated rings. The Bertz CT molecular complexity index is 875. The second kappa shape index (κ2) is 9.87. The fourth-order valence-corrected chi connectivity index (χ4v) is 4.24. The summed E-state index contributed by atoms with van der Waals surface area (Å²) >= 11 is 1.49. The lowest BCUT2D eigenvalue weighted by molar-refractivity contribution is -0.115. The molecule has 29 heavy (non-hydrogen) atoms. The van der Waals surface area contributed by atoms with Gasteiger partial charge >= 0.3 is 5.97 Å². The molecule has 6 nitrogen and oxygen atoms in total. The first kappa shape index (κ1) is 21.3. The first-order chi connectivity index (χ1) is 14.0. The van der Waals surface area contributed by atoms with E-state index in [2.05, 4.69) is 0 Å². The van der Waals surface area contributed by atoms with Crippen molar-refractivity contribution in [2.45, 2.75) is 12.3 Å². The van der Waals surface area contributed by atoms with Gasteiger partial charge in [-0.1, -0.05) is 12.1 Å². The van der Waals surface area contributed by atoms with E-state index in [1.807, 2.05) is 6.92 Å². The average Bonchev–Trinajstić information content (AvgIpc) is 3.09. The van der Waals surface area contributed by atoms with Crippen LogP contribution in [-0.4, -0.2) is 44.0 Å². The minimum absolute atomic E-state index is 0.0280. The van der Waals surface area contributed by atoms with Crippen molar-refractivity contribution in [3.05, 3.63) is 65.0 Å². The van der Waals surface area contributed by atoms with Crippen molar-refractivity contribution in [1.29, 1.82) is 0 Å². The summed E-state index contributed by atoms with van der Waals surface area (Å²) in [7, 11) is 0. The Morgan fingerprint density at radius 2 is 1.97 bits per heavy atom. The number of hydrogen-bond donors (Lipinski definition) is 1. The number of nitrogens with two attached hydrogens (primary N) is 1. The normalized spacial score (nSPS) is 16.3. The lowest BCUT2D eigenvalue weighted by Gasteiger charge is -2.26. The van der Waals surface area contributed by atoms with Gasteiger partial charge in [-0.25, -0.2) is 9.18 Å². The predicted octanol–water partition coefficient (Wildman–Crippen LogP) is 3.04. The van der Waals surface area contributed by atoms with Gasteiger partial charge in [-0.3, -0.25) is 9.69 Å². The minimum atomic E-state index is -0.451. The Morgan fingerprint density at radius 3 is 2.66 bits per heavy atom. The molecule has 154 valence electrons. The van der Waals surface area contributed by atoms with E-state index in [9.17, 15) is 14.0 Å². The molecule has 1 aliphatic rings. The lowest BCUT2D eigenvalue weighted by atomic mass is 10.1. The van der Waals surface area contributed by atoms with Crippen LogP contribution in [0.25, 0.3) is 0 Å². The van der Waals surface area contributed by atoms with E-state index in [-0.39, 0.29) is 23.7 Å². The molecular weight excluding hydrogens is 395 g/mol. The van der Waals surface area contributed by atoms with E-state index in [4.69, 9.17) is 15.2 Å². The molecule has 1 unspecified atom stereocenters. The van der Waals surface area contributed by atoms with Crippen molar-refractivity contribution in [2.75, 3.05) is 37.0 Å². The number of benzene rings is 2. The summed E-state index contributed by atoms with van der Waals surface area (Å²) in [5.74, 6) is -0.455. The van der Waals surface area contributed by atoms with E-state index in [1.54, 1.807) is 35.2 Å². The summed E-state index contributed by atoms with van der Waals surface area (Å²) < 4.78 is 23.6. The molecule has 1 amide bonds. The Labute approximate surface area is 173 Å². The van der Waals surface area contributed by atoms with Crippen LogP contribution in [0.15, 0.2) is 42.5 Å². The Kier molecular flexibility index (Phi) is 7.24. The van der Waals surface area contributed by atoms with Crippen LogP contribution in [0.5, 0.6) is 0 Å². The molecule has 0 saturated carbocycles. The summed E-state index contributed by atoms with van der Waals surface area (Å²) in [6, 6.07) is 11.2. The second-order valence-electron chi connectivity index (χ2n) is 6.52. The maximum Gasteiger partial charge on any atom is 0.338 e. The van der Waals surface area contributed by atoms with Gasteiger partial charge in [-0.05, 0) is 48.4 Å². The molecule has 1 saturated heterocycles. The quantitative estimate of drug-likeness (QED) is 0.524. The zero-order valence-electron chi connectivity index (χ0n) is 16.1. The van der Waals surface area contributed by atoms with Gasteiger partial charge in [0, 0.05) is 12.2 Å². The van der Waals surface area contributed by atoms with E-state index in [1.165, 1.54) is 23.9 Å². The Morgan fingerprint density at radius 1 is 1.21 bits per heavy atom. The highest BCUT2D eigenvalue weighted by molar-refractivity contribution is 8.00. The number of carbonyl (C=O) groups is 2. The lowest BCUT2D eigenvalue weighted by Crippen LogP contribution is -2.28. The molecule has 2 N–H and O–H groups in total. The number of nitrogens with zero attached hydrogens (tertiary/aromatic N) is 1. The number of carbonyl (C=O) groups excluding carboxylic acids is 2. The summed E-state index contributed by atoms with van der Waals surface area (Å²) in [5.41, 5.74) is 8.08. The molecule has 0 radical (unpaired) electrons. The van der Waals surface area contributed by atoms with Crippen LogP contribution >= 0.6 is 11.8 Å². The maximum atomic E-state index is 13.3. The molecule has 0 aliphatic carbocycles. The van der Waals surface area contributed by atoms with E-state index < -0.39 is 5.97 Å². The molecule has 0 aromatic heterocycles. The highest BCUT2D eigenvalue weighted by atomic mass is 32.2. The number of aryl methyl sites for hydroxylation is 1. The summed E-state index contributed by atoms with van der Waals surface area (Å²) in [4.78, 5) is 26.5. The molecule has 3 rings (SSSR count). The van der Waals surface area contributed by atoms with E-state index >= 15 is 0 Å². The summed E-state index contributed by atoms with van der Waals surface area (Å²) in [6.07, 6.45) is 0. The minimum Gasteiger partial charge on any atom is -0.460 e. The van der Waals surface area contributed by atoms with Crippen molar-refractivity contribution in [1.82, 2.24) is 0 Å². The SMILES string of the molecule is Cc1cc(C(=O)OCCOCCN)ccc1N1C(=O)CSC1c1ccc(F)cc1. The Hall–Kier alpha value is -2.42. The third-order valence-corrected chi connectivity index (χ3v) is 5.65. The fourth-order valence-electron chi connectivity index (χ4n) is 3.07. The highest BCUT2D eigenvalue weighted by Gasteiger charge is 2.35. The predicted molar refractivity (Wildman–Crippen MR) is 110 cm³/mol. The van der Waals surface area contributed by atoms with E-state index in [0.29, 0.717) is 31.1 Å². The number of rotatable bonds is 8. The number of ether oxygens (including phenoxy) is 2. The molecule has 1 atom stereocenters. The van der Waals surface area contributed by atoms with Gasteiger partial charge in [-0.15, -0.1) is 11.8 Å². The monoisotopic (exact) mass is 418 g/mol. The molecule has 0 spiro atoms. The number of amides is 1. The van der Waals surface area contributed by atoms with Gasteiger partial charge in [0.05, 0.1) is 24.5 Å². The molecule has 0 bridgehead atoms. The third kappa shape index (κ3) is 5.14. The maximum absolute atomic E-state index is 13.3. The van der Waals surface area contributed by atoms with Crippen molar-refractivity contribution >= 4 is 29.3 Å². The summed E-state index contributed by atoms with van der Waals surface area (Å²) in [5, 5.41) is -0.237. The van der Waals surface area contributed by atoms with Gasteiger partial charge in [-0.2, -0.15) is 0 Å². The number of anilines is 1. The highest BCUT2D eigenvalue weighted by Crippen LogP contribution is 2.42. The van der Waals surface area contributed by atoms with Crippen LogP contribution in [0.2, 0.25) is 0 Å². The summed E-state index contributed by atoms with van der Waals surface area (Å²) in [6.45, 7) is 3.12. The standard InChI is InChI=1S/C21H23FN2O4S/c1-14-12-16(21(26)28-11-10-27-9-8-23)4-7-18(14)24-19(25)13-29-20(24)15-2-5-17(22)6-3-15/h2-7,12,20H,8-11,13,23H2,1H3. The van der Waals surface area contributed by atoms with Gasteiger partial charge in [0.25, 0.3) is 0 Å². The zero-order valence-corrected chi connectivity index (χ0v) is 16.9. The van der Waals surface area contributed by atoms with Crippen molar-refractivity contribution in [3.8, 4) is 0 Å². The molecular formula is C21H23FN2O4S. The molecule has 1 heterocycles. The first-order valence-corrected chi connectivity index (χ1v) is 10.3. The second-order valence-corrected chi connectivity index (χ2v) is 7.59. The van der Waals surface area contributed by atoms with Crippen molar-refractivity contribution in [3.63, 3.8) is 0 Å². The van der Waals surface area contributed by atoms with Gasteiger partial charge in [0.15, 0.2) is 0 Å². The third-order valence-electron chi connectivity index (χ3n) is 4.44. The Balaban J connectivity index is 1.73. The van der Waals surface area contributed by atoms with Crippen LogP contribution in [0, 0.1) is 12.7 Å². The van der Waals surface area contributed by atoms with Gasteiger partial charge in [0.2, 0.25) is 5.91 Å². The van der Waals surface area contributed by atoms with Crippen LogP contribution in [0.4, 0.5) is 10.1 Å². The largest absolute Gasteiger partial charge is 0.460 e. The van der Waals surface area contributed by atoms with Crippen molar-refractivity contribution in [2.24, 2.45) is 5.73 Å². The number of hydrogen-bond acceptors (Lipinski definition) is 6. The topological polar surface area (TPSA) is 81.9 Å². The van der Waals surface area contributed by atoms with Crippen LogP contribution in [-0.2, 0) is 14.3 Å².